The Kier molecular flexibility index (Phi) is 7.67. The summed E-state index contributed by atoms with van der Waals surface area (Å²) in [5.41, 5.74) is 10.8. The molecule has 39 heavy (non-hydrogen) atoms. The summed E-state index contributed by atoms with van der Waals surface area (Å²) in [6.07, 6.45) is 1.74. The molecule has 1 aromatic heterocycles. The zero-order valence-electron chi connectivity index (χ0n) is 21.4. The summed E-state index contributed by atoms with van der Waals surface area (Å²) in [7, 11) is 1.55. The number of Topliss-reactive ketones (excluding diaryl/α,β-unsaturated/α-hetero) is 1. The molecular formula is C28H26N6O3S2. The highest BCUT2D eigenvalue weighted by atomic mass is 32.2. The van der Waals surface area contributed by atoms with Gasteiger partial charge in [0.15, 0.2) is 10.1 Å². The molecule has 198 valence electrons. The number of hydrogen-bond acceptors (Lipinski definition) is 10. The first-order valence-corrected chi connectivity index (χ1v) is 14.1. The zero-order valence-corrected chi connectivity index (χ0v) is 23.1. The Balaban J connectivity index is 1.42. The molecule has 1 amide bonds. The number of nitrogens with zero attached hydrogens (tertiary/aromatic N) is 4. The number of carbonyl (C=O) groups excluding carboxylic acids is 2. The number of thioether (sulfide) groups is 1. The lowest BCUT2D eigenvalue weighted by Crippen LogP contribution is -2.38. The van der Waals surface area contributed by atoms with Crippen molar-refractivity contribution in [3.8, 4) is 11.8 Å². The topological polar surface area (TPSA) is 134 Å². The third-order valence-electron chi connectivity index (χ3n) is 6.71. The lowest BCUT2D eigenvalue weighted by atomic mass is 9.75. The Labute approximate surface area is 234 Å². The standard InChI is InChI=1S/C28H26N6O3S2/c1-16-8-3-4-9-17(16)24-18(14-29)26(30)34(20-11-7-12-21(35)25(20)24)27-32-33-28(39-27)38-15-23(36)31-19-10-5-6-13-22(19)37-2/h3-6,8-10,13,24H,7,11-12,15,30H2,1-2H3,(H,31,36). The summed E-state index contributed by atoms with van der Waals surface area (Å²) in [4.78, 5) is 27.6. The Hall–Kier alpha value is -4.14. The van der Waals surface area contributed by atoms with Gasteiger partial charge in [-0.2, -0.15) is 5.26 Å². The van der Waals surface area contributed by atoms with Gasteiger partial charge in [-0.3, -0.25) is 14.5 Å². The van der Waals surface area contributed by atoms with Gasteiger partial charge < -0.3 is 15.8 Å². The minimum Gasteiger partial charge on any atom is -0.495 e. The van der Waals surface area contributed by atoms with Crippen molar-refractivity contribution in [1.29, 1.82) is 5.26 Å². The van der Waals surface area contributed by atoms with Crippen LogP contribution in [0.25, 0.3) is 0 Å². The van der Waals surface area contributed by atoms with Gasteiger partial charge in [0.25, 0.3) is 0 Å². The molecule has 1 aliphatic carbocycles. The van der Waals surface area contributed by atoms with E-state index in [-0.39, 0.29) is 23.3 Å². The van der Waals surface area contributed by atoms with E-state index in [1.165, 1.54) is 23.1 Å². The molecule has 0 saturated heterocycles. The maximum absolute atomic E-state index is 13.3. The number of ether oxygens (including phenoxy) is 1. The van der Waals surface area contributed by atoms with Crippen LogP contribution in [0.15, 0.2) is 75.5 Å². The van der Waals surface area contributed by atoms with Gasteiger partial charge in [0.1, 0.15) is 11.6 Å². The number of rotatable bonds is 7. The van der Waals surface area contributed by atoms with Gasteiger partial charge in [0.2, 0.25) is 11.0 Å². The van der Waals surface area contributed by atoms with Crippen LogP contribution in [0.3, 0.4) is 0 Å². The summed E-state index contributed by atoms with van der Waals surface area (Å²) < 4.78 is 5.85. The molecule has 1 atom stereocenters. The first-order valence-electron chi connectivity index (χ1n) is 12.3. The highest BCUT2D eigenvalue weighted by Crippen LogP contribution is 2.47. The molecule has 2 aliphatic rings. The Morgan fingerprint density at radius 3 is 2.77 bits per heavy atom. The number of hydrogen-bond donors (Lipinski definition) is 2. The zero-order chi connectivity index (χ0) is 27.5. The van der Waals surface area contributed by atoms with Gasteiger partial charge in [0, 0.05) is 17.7 Å². The number of benzene rings is 2. The van der Waals surface area contributed by atoms with Crippen molar-refractivity contribution >= 4 is 45.6 Å². The fourth-order valence-corrected chi connectivity index (χ4v) is 6.62. The second kappa shape index (κ2) is 11.3. The number of methoxy groups -OCH3 is 1. The highest BCUT2D eigenvalue weighted by molar-refractivity contribution is 8.01. The third-order valence-corrected chi connectivity index (χ3v) is 8.75. The van der Waals surface area contributed by atoms with E-state index in [4.69, 9.17) is 10.5 Å². The van der Waals surface area contributed by atoms with Gasteiger partial charge in [-0.05, 0) is 43.0 Å². The van der Waals surface area contributed by atoms with Crippen molar-refractivity contribution in [2.45, 2.75) is 36.4 Å². The number of amides is 1. The quantitative estimate of drug-likeness (QED) is 0.389. The van der Waals surface area contributed by atoms with Gasteiger partial charge in [-0.1, -0.05) is 59.5 Å². The predicted molar refractivity (Wildman–Crippen MR) is 151 cm³/mol. The number of anilines is 2. The van der Waals surface area contributed by atoms with Crippen LogP contribution in [-0.4, -0.2) is 34.8 Å². The van der Waals surface area contributed by atoms with Crippen LogP contribution in [0.2, 0.25) is 0 Å². The van der Waals surface area contributed by atoms with E-state index < -0.39 is 5.92 Å². The minimum atomic E-state index is -0.518. The van der Waals surface area contributed by atoms with Crippen LogP contribution in [0.1, 0.15) is 36.3 Å². The van der Waals surface area contributed by atoms with Crippen LogP contribution >= 0.6 is 23.1 Å². The number of ketones is 1. The number of allylic oxidation sites excluding steroid dienone is 3. The Morgan fingerprint density at radius 2 is 2.00 bits per heavy atom. The summed E-state index contributed by atoms with van der Waals surface area (Å²) in [5.74, 6) is 0.223. The van der Waals surface area contributed by atoms with Gasteiger partial charge >= 0.3 is 0 Å². The van der Waals surface area contributed by atoms with Crippen molar-refractivity contribution < 1.29 is 14.3 Å². The third kappa shape index (κ3) is 5.13. The van der Waals surface area contributed by atoms with Crippen molar-refractivity contribution in [2.24, 2.45) is 5.73 Å². The van der Waals surface area contributed by atoms with E-state index in [9.17, 15) is 14.9 Å². The summed E-state index contributed by atoms with van der Waals surface area (Å²) >= 11 is 2.51. The largest absolute Gasteiger partial charge is 0.495 e. The monoisotopic (exact) mass is 558 g/mol. The van der Waals surface area contributed by atoms with Crippen LogP contribution < -0.4 is 20.7 Å². The molecular weight excluding hydrogens is 532 g/mol. The second-order valence-electron chi connectivity index (χ2n) is 9.06. The van der Waals surface area contributed by atoms with E-state index in [1.54, 1.807) is 24.1 Å². The fourth-order valence-electron chi connectivity index (χ4n) is 4.94. The molecule has 0 bridgehead atoms. The molecule has 2 heterocycles. The molecule has 9 nitrogen and oxygen atoms in total. The molecule has 0 saturated carbocycles. The van der Waals surface area contributed by atoms with Crippen LogP contribution in [-0.2, 0) is 9.59 Å². The SMILES string of the molecule is COc1ccccc1NC(=O)CSc1nnc(N2C(N)=C(C#N)C(c3ccccc3C)C3=C2CCCC3=O)s1. The normalized spacial score (nSPS) is 17.1. The smallest absolute Gasteiger partial charge is 0.234 e. The Bertz CT molecular complexity index is 1550. The molecule has 1 unspecified atom stereocenters. The molecule has 5 rings (SSSR count). The number of aromatic nitrogens is 2. The summed E-state index contributed by atoms with van der Waals surface area (Å²) in [5, 5.41) is 22.1. The number of nitriles is 1. The summed E-state index contributed by atoms with van der Waals surface area (Å²) in [6.45, 7) is 1.97. The van der Waals surface area contributed by atoms with Crippen molar-refractivity contribution in [2.75, 3.05) is 23.1 Å². The second-order valence-corrected chi connectivity index (χ2v) is 11.2. The molecule has 1 aliphatic heterocycles. The number of para-hydroxylation sites is 2. The van der Waals surface area contributed by atoms with Crippen molar-refractivity contribution in [3.63, 3.8) is 0 Å². The average molecular weight is 559 g/mol. The van der Waals surface area contributed by atoms with E-state index >= 15 is 0 Å². The van der Waals surface area contributed by atoms with Gasteiger partial charge in [0.05, 0.1) is 36.1 Å². The lowest BCUT2D eigenvalue weighted by Gasteiger charge is -2.38. The van der Waals surface area contributed by atoms with Crippen LogP contribution in [0, 0.1) is 18.3 Å². The number of aryl methyl sites for hydroxylation is 1. The number of nitrogens with two attached hydrogens (primary N) is 1. The Morgan fingerprint density at radius 1 is 1.23 bits per heavy atom. The molecule has 2 aromatic carbocycles. The summed E-state index contributed by atoms with van der Waals surface area (Å²) in [6, 6.07) is 17.2. The minimum absolute atomic E-state index is 0.0156. The van der Waals surface area contributed by atoms with Crippen LogP contribution in [0.5, 0.6) is 5.75 Å². The van der Waals surface area contributed by atoms with E-state index in [1.807, 2.05) is 43.3 Å². The van der Waals surface area contributed by atoms with Gasteiger partial charge in [-0.15, -0.1) is 10.2 Å². The maximum Gasteiger partial charge on any atom is 0.234 e. The fraction of sp³-hybridized carbons (Fsp3) is 0.250. The van der Waals surface area contributed by atoms with Gasteiger partial charge in [-0.25, -0.2) is 0 Å². The molecule has 11 heteroatoms. The highest BCUT2D eigenvalue weighted by Gasteiger charge is 2.41. The molecule has 0 spiro atoms. The van der Waals surface area contributed by atoms with Crippen molar-refractivity contribution in [1.82, 2.24) is 10.2 Å². The molecule has 0 radical (unpaired) electrons. The molecule has 0 fully saturated rings. The molecule has 3 aromatic rings. The first kappa shape index (κ1) is 26.5. The lowest BCUT2D eigenvalue weighted by molar-refractivity contribution is -0.116. The van der Waals surface area contributed by atoms with E-state index in [0.717, 1.165) is 16.8 Å². The van der Waals surface area contributed by atoms with Crippen LogP contribution in [0.4, 0.5) is 10.8 Å². The number of carbonyl (C=O) groups is 2. The average Bonchev–Trinajstić information content (AvgIpc) is 3.40. The maximum atomic E-state index is 13.3. The van der Waals surface area contributed by atoms with E-state index in [2.05, 4.69) is 21.6 Å². The first-order chi connectivity index (χ1) is 18.9. The van der Waals surface area contributed by atoms with E-state index in [0.29, 0.717) is 51.3 Å². The molecule has 3 N–H and O–H groups in total. The van der Waals surface area contributed by atoms with Crippen molar-refractivity contribution in [3.05, 3.63) is 82.3 Å². The number of nitrogens with one attached hydrogen (secondary N) is 1. The predicted octanol–water partition coefficient (Wildman–Crippen LogP) is 4.89.